The predicted octanol–water partition coefficient (Wildman–Crippen LogP) is 1.41. The van der Waals surface area contributed by atoms with Crippen molar-refractivity contribution in [1.82, 2.24) is 9.47 Å². The fourth-order valence-electron chi connectivity index (χ4n) is 3.04. The van der Waals surface area contributed by atoms with Crippen molar-refractivity contribution in [2.45, 2.75) is 39.7 Å². The van der Waals surface area contributed by atoms with Gasteiger partial charge in [-0.05, 0) is 39.7 Å². The molecule has 116 valence electrons. The maximum absolute atomic E-state index is 12.6. The van der Waals surface area contributed by atoms with E-state index in [0.717, 1.165) is 29.8 Å². The summed E-state index contributed by atoms with van der Waals surface area (Å²) in [7, 11) is 1.97. The van der Waals surface area contributed by atoms with Gasteiger partial charge in [-0.3, -0.25) is 14.5 Å². The largest absolute Gasteiger partial charge is 0.369 e. The van der Waals surface area contributed by atoms with Gasteiger partial charge in [0.2, 0.25) is 5.91 Å². The maximum atomic E-state index is 12.6. The summed E-state index contributed by atoms with van der Waals surface area (Å²) >= 11 is 0. The van der Waals surface area contributed by atoms with Crippen molar-refractivity contribution in [2.24, 2.45) is 18.7 Å². The third-order valence-electron chi connectivity index (χ3n) is 4.84. The molecule has 1 amide bonds. The first kappa shape index (κ1) is 15.8. The third kappa shape index (κ3) is 3.18. The Balaban J connectivity index is 2.10. The van der Waals surface area contributed by atoms with Gasteiger partial charge in [0, 0.05) is 36.6 Å². The van der Waals surface area contributed by atoms with E-state index in [2.05, 4.69) is 11.8 Å². The lowest BCUT2D eigenvalue weighted by Crippen LogP contribution is -2.47. The molecule has 0 saturated carbocycles. The molecule has 0 aliphatic carbocycles. The molecule has 0 radical (unpaired) electrons. The van der Waals surface area contributed by atoms with E-state index in [4.69, 9.17) is 5.73 Å². The molecule has 2 heterocycles. The Bertz CT molecular complexity index is 562. The van der Waals surface area contributed by atoms with Crippen LogP contribution in [0.25, 0.3) is 0 Å². The van der Waals surface area contributed by atoms with E-state index in [-0.39, 0.29) is 17.6 Å². The van der Waals surface area contributed by atoms with Crippen LogP contribution in [0.15, 0.2) is 6.07 Å². The van der Waals surface area contributed by atoms with Gasteiger partial charge in [-0.25, -0.2) is 0 Å². The molecule has 2 N–H and O–H groups in total. The first-order valence-corrected chi connectivity index (χ1v) is 7.50. The number of nitrogens with zero attached hydrogens (tertiary/aromatic N) is 2. The highest BCUT2D eigenvalue weighted by Crippen LogP contribution is 2.23. The number of carbonyl (C=O) groups excluding carboxylic acids is 2. The molecule has 1 fully saturated rings. The Kier molecular flexibility index (Phi) is 4.52. The fourth-order valence-corrected chi connectivity index (χ4v) is 3.04. The zero-order valence-electron chi connectivity index (χ0n) is 13.3. The van der Waals surface area contributed by atoms with E-state index in [1.54, 1.807) is 0 Å². The summed E-state index contributed by atoms with van der Waals surface area (Å²) in [5.74, 6) is -0.271. The minimum absolute atomic E-state index is 0.119. The summed E-state index contributed by atoms with van der Waals surface area (Å²) in [5.41, 5.74) is 8.27. The van der Waals surface area contributed by atoms with Gasteiger partial charge in [0.1, 0.15) is 0 Å². The Morgan fingerprint density at radius 1 is 1.33 bits per heavy atom. The number of amides is 1. The molecule has 5 nitrogen and oxygen atoms in total. The number of aryl methyl sites for hydroxylation is 1. The maximum Gasteiger partial charge on any atom is 0.221 e. The molecule has 5 heteroatoms. The zero-order valence-corrected chi connectivity index (χ0v) is 13.3. The number of primary amides is 1. The van der Waals surface area contributed by atoms with E-state index in [9.17, 15) is 9.59 Å². The molecular formula is C16H25N3O2. The predicted molar refractivity (Wildman–Crippen MR) is 82.2 cm³/mol. The average molecular weight is 291 g/mol. The molecule has 1 aromatic rings. The lowest BCUT2D eigenvalue weighted by atomic mass is 9.92. The highest BCUT2D eigenvalue weighted by Gasteiger charge is 2.30. The molecule has 0 aromatic carbocycles. The van der Waals surface area contributed by atoms with Crippen molar-refractivity contribution in [3.05, 3.63) is 23.0 Å². The Hall–Kier alpha value is -1.62. The monoisotopic (exact) mass is 291 g/mol. The topological polar surface area (TPSA) is 68.3 Å². The van der Waals surface area contributed by atoms with Crippen LogP contribution in [0.5, 0.6) is 0 Å². The normalized spacial score (nSPS) is 23.2. The van der Waals surface area contributed by atoms with Crippen LogP contribution < -0.4 is 5.73 Å². The molecule has 21 heavy (non-hydrogen) atoms. The van der Waals surface area contributed by atoms with Crippen LogP contribution in [-0.2, 0) is 11.8 Å². The van der Waals surface area contributed by atoms with Crippen LogP contribution >= 0.6 is 0 Å². The highest BCUT2D eigenvalue weighted by molar-refractivity contribution is 5.99. The molecule has 1 saturated heterocycles. The Morgan fingerprint density at radius 3 is 2.52 bits per heavy atom. The molecule has 1 aliphatic rings. The SMILES string of the molecule is Cc1cc(C(=O)CN2CC(C(N)=O)CCC2C)c(C)n1C. The second-order valence-electron chi connectivity index (χ2n) is 6.22. The smallest absolute Gasteiger partial charge is 0.221 e. The van der Waals surface area contributed by atoms with Crippen molar-refractivity contribution in [3.63, 3.8) is 0 Å². The fraction of sp³-hybridized carbons (Fsp3) is 0.625. The second kappa shape index (κ2) is 6.02. The first-order valence-electron chi connectivity index (χ1n) is 7.50. The minimum atomic E-state index is -0.258. The number of ketones is 1. The summed E-state index contributed by atoms with van der Waals surface area (Å²) in [5, 5.41) is 0. The summed E-state index contributed by atoms with van der Waals surface area (Å²) in [6.07, 6.45) is 1.73. The van der Waals surface area contributed by atoms with E-state index in [0.29, 0.717) is 19.1 Å². The van der Waals surface area contributed by atoms with Crippen molar-refractivity contribution < 1.29 is 9.59 Å². The summed E-state index contributed by atoms with van der Waals surface area (Å²) in [4.78, 5) is 26.0. The number of Topliss-reactive ketones (excluding diaryl/α,β-unsaturated/α-hetero) is 1. The van der Waals surface area contributed by atoms with Gasteiger partial charge in [-0.2, -0.15) is 0 Å². The molecule has 0 spiro atoms. The van der Waals surface area contributed by atoms with Gasteiger partial charge in [0.05, 0.1) is 12.5 Å². The number of aromatic nitrogens is 1. The van der Waals surface area contributed by atoms with Crippen LogP contribution in [-0.4, -0.2) is 40.3 Å². The second-order valence-corrected chi connectivity index (χ2v) is 6.22. The molecule has 0 bridgehead atoms. The molecule has 1 aromatic heterocycles. The number of carbonyl (C=O) groups is 2. The number of hydrogen-bond acceptors (Lipinski definition) is 3. The molecular weight excluding hydrogens is 266 g/mol. The summed E-state index contributed by atoms with van der Waals surface area (Å²) in [6.45, 7) is 7.01. The van der Waals surface area contributed by atoms with Gasteiger partial charge < -0.3 is 10.3 Å². The Morgan fingerprint density at radius 2 is 2.00 bits per heavy atom. The van der Waals surface area contributed by atoms with E-state index in [1.165, 1.54) is 0 Å². The molecule has 2 atom stereocenters. The number of likely N-dealkylation sites (tertiary alicyclic amines) is 1. The minimum Gasteiger partial charge on any atom is -0.369 e. The quantitative estimate of drug-likeness (QED) is 0.853. The van der Waals surface area contributed by atoms with Gasteiger partial charge in [-0.15, -0.1) is 0 Å². The molecule has 2 unspecified atom stereocenters. The number of hydrogen-bond donors (Lipinski definition) is 1. The van der Waals surface area contributed by atoms with Crippen LogP contribution in [0.2, 0.25) is 0 Å². The average Bonchev–Trinajstić information content (AvgIpc) is 2.68. The lowest BCUT2D eigenvalue weighted by Gasteiger charge is -2.36. The number of nitrogens with two attached hydrogens (primary N) is 1. The van der Waals surface area contributed by atoms with Crippen LogP contribution in [0.4, 0.5) is 0 Å². The van der Waals surface area contributed by atoms with Gasteiger partial charge in [0.25, 0.3) is 0 Å². The van der Waals surface area contributed by atoms with Crippen molar-refractivity contribution in [2.75, 3.05) is 13.1 Å². The zero-order chi connectivity index (χ0) is 15.7. The van der Waals surface area contributed by atoms with Crippen LogP contribution in [0.3, 0.4) is 0 Å². The molecule has 1 aliphatic heterocycles. The Labute approximate surface area is 126 Å². The van der Waals surface area contributed by atoms with Crippen molar-refractivity contribution in [1.29, 1.82) is 0 Å². The number of piperidine rings is 1. The standard InChI is InChI=1S/C16H25N3O2/c1-10-5-6-13(16(17)21)8-19(10)9-15(20)14-7-11(2)18(4)12(14)3/h7,10,13H,5-6,8-9H2,1-4H3,(H2,17,21). The van der Waals surface area contributed by atoms with E-state index >= 15 is 0 Å². The summed E-state index contributed by atoms with van der Waals surface area (Å²) in [6, 6.07) is 2.26. The van der Waals surface area contributed by atoms with Gasteiger partial charge >= 0.3 is 0 Å². The highest BCUT2D eigenvalue weighted by atomic mass is 16.1. The van der Waals surface area contributed by atoms with Crippen LogP contribution in [0.1, 0.15) is 41.5 Å². The summed E-state index contributed by atoms with van der Waals surface area (Å²) < 4.78 is 2.03. The van der Waals surface area contributed by atoms with E-state index in [1.807, 2.05) is 31.5 Å². The lowest BCUT2D eigenvalue weighted by molar-refractivity contribution is -0.123. The van der Waals surface area contributed by atoms with Crippen molar-refractivity contribution in [3.8, 4) is 0 Å². The van der Waals surface area contributed by atoms with E-state index < -0.39 is 0 Å². The van der Waals surface area contributed by atoms with Gasteiger partial charge in [0.15, 0.2) is 5.78 Å². The van der Waals surface area contributed by atoms with Gasteiger partial charge in [-0.1, -0.05) is 0 Å². The van der Waals surface area contributed by atoms with Crippen LogP contribution in [0, 0.1) is 19.8 Å². The third-order valence-corrected chi connectivity index (χ3v) is 4.84. The number of rotatable bonds is 4. The molecule has 2 rings (SSSR count). The first-order chi connectivity index (χ1) is 9.81. The van der Waals surface area contributed by atoms with Crippen molar-refractivity contribution >= 4 is 11.7 Å².